The van der Waals surface area contributed by atoms with Gasteiger partial charge in [-0.05, 0) is 24.8 Å². The van der Waals surface area contributed by atoms with Crippen molar-refractivity contribution >= 4 is 42.1 Å². The smallest absolute Gasteiger partial charge is 0.249 e. The Labute approximate surface area is 170 Å². The van der Waals surface area contributed by atoms with Gasteiger partial charge < -0.3 is 15.8 Å². The van der Waals surface area contributed by atoms with Crippen LogP contribution in [0.15, 0.2) is 35.7 Å². The van der Waals surface area contributed by atoms with Gasteiger partial charge in [-0.2, -0.15) is 0 Å². The minimum Gasteiger partial charge on any atom is -0.364 e. The van der Waals surface area contributed by atoms with Gasteiger partial charge in [0, 0.05) is 18.3 Å². The number of aryl methyl sites for hydroxylation is 2. The average Bonchev–Trinajstić information content (AvgIpc) is 3.28. The van der Waals surface area contributed by atoms with Crippen LogP contribution in [-0.4, -0.2) is 29.6 Å². The number of benzene rings is 1. The summed E-state index contributed by atoms with van der Waals surface area (Å²) in [5.41, 5.74) is 7.79. The molecule has 26 heavy (non-hydrogen) atoms. The first-order valence-corrected chi connectivity index (χ1v) is 9.23. The summed E-state index contributed by atoms with van der Waals surface area (Å²) in [5, 5.41) is 6.03. The second kappa shape index (κ2) is 11.5. The molecule has 0 spiro atoms. The Bertz CT molecular complexity index is 669. The van der Waals surface area contributed by atoms with Crippen LogP contribution in [0, 0.1) is 0 Å². The Kier molecular flexibility index (Phi) is 10.1. The topological polar surface area (TPSA) is 77.2 Å². The fraction of sp³-hybridized carbons (Fsp3) is 0.444. The zero-order chi connectivity index (χ0) is 16.8. The van der Waals surface area contributed by atoms with E-state index in [1.54, 1.807) is 11.3 Å². The number of hydrogen-bond acceptors (Lipinski definition) is 5. The number of nitrogens with zero attached hydrogens (tertiary/aromatic N) is 1. The summed E-state index contributed by atoms with van der Waals surface area (Å²) >= 11 is 1.65. The highest BCUT2D eigenvalue weighted by Crippen LogP contribution is 2.19. The molecule has 0 unspecified atom stereocenters. The Morgan fingerprint density at radius 2 is 2.00 bits per heavy atom. The van der Waals surface area contributed by atoms with E-state index in [1.807, 2.05) is 11.4 Å². The lowest BCUT2D eigenvalue weighted by atomic mass is 10.1. The SMILES string of the molecule is Cl.Cl.NC[C@H]1CC[C@@H](C(=O)NCc2csc(CCc3ccccc3)n2)O1. The van der Waals surface area contributed by atoms with Crippen molar-refractivity contribution in [1.82, 2.24) is 10.3 Å². The molecule has 1 amide bonds. The number of aromatic nitrogens is 1. The Morgan fingerprint density at radius 1 is 1.23 bits per heavy atom. The number of amides is 1. The Balaban J connectivity index is 0.00000169. The van der Waals surface area contributed by atoms with Crippen LogP contribution in [-0.2, 0) is 28.9 Å². The van der Waals surface area contributed by atoms with Gasteiger partial charge in [0.1, 0.15) is 6.10 Å². The van der Waals surface area contributed by atoms with E-state index in [9.17, 15) is 4.79 Å². The van der Waals surface area contributed by atoms with Crippen molar-refractivity contribution in [3.63, 3.8) is 0 Å². The van der Waals surface area contributed by atoms with Crippen LogP contribution in [0.5, 0.6) is 0 Å². The molecule has 0 bridgehead atoms. The Hall–Kier alpha value is -1.18. The third kappa shape index (κ3) is 6.52. The fourth-order valence-electron chi connectivity index (χ4n) is 2.80. The third-order valence-corrected chi connectivity index (χ3v) is 5.13. The van der Waals surface area contributed by atoms with Crippen molar-refractivity contribution in [2.75, 3.05) is 6.54 Å². The van der Waals surface area contributed by atoms with Crippen molar-refractivity contribution < 1.29 is 9.53 Å². The summed E-state index contributed by atoms with van der Waals surface area (Å²) in [7, 11) is 0. The van der Waals surface area contributed by atoms with E-state index >= 15 is 0 Å². The number of nitrogens with one attached hydrogen (secondary N) is 1. The van der Waals surface area contributed by atoms with Crippen molar-refractivity contribution in [2.45, 2.75) is 44.4 Å². The number of ether oxygens (including phenoxy) is 1. The highest BCUT2D eigenvalue weighted by Gasteiger charge is 2.29. The lowest BCUT2D eigenvalue weighted by molar-refractivity contribution is -0.132. The molecule has 1 aliphatic heterocycles. The van der Waals surface area contributed by atoms with Gasteiger partial charge in [-0.1, -0.05) is 30.3 Å². The molecule has 0 radical (unpaired) electrons. The first-order chi connectivity index (χ1) is 11.7. The third-order valence-electron chi connectivity index (χ3n) is 4.18. The maximum atomic E-state index is 12.1. The zero-order valence-electron chi connectivity index (χ0n) is 14.4. The van der Waals surface area contributed by atoms with Crippen LogP contribution in [0.2, 0.25) is 0 Å². The summed E-state index contributed by atoms with van der Waals surface area (Å²) in [6.07, 6.45) is 3.16. The molecule has 2 heterocycles. The van der Waals surface area contributed by atoms with E-state index in [2.05, 4.69) is 34.6 Å². The fourth-order valence-corrected chi connectivity index (χ4v) is 3.60. The van der Waals surface area contributed by atoms with Crippen LogP contribution in [0.25, 0.3) is 0 Å². The normalized spacial score (nSPS) is 18.7. The second-order valence-corrected chi connectivity index (χ2v) is 6.94. The molecule has 3 N–H and O–H groups in total. The summed E-state index contributed by atoms with van der Waals surface area (Å²) in [4.78, 5) is 16.7. The standard InChI is InChI=1S/C18H23N3O2S.2ClH/c19-10-15-7-8-16(23-15)18(22)20-11-14-12-24-17(21-14)9-6-13-4-2-1-3-5-13;;/h1-5,12,15-16H,6-11,19H2,(H,20,22);2*1H/t15-,16+;;/m1../s1. The predicted molar refractivity (Wildman–Crippen MR) is 109 cm³/mol. The van der Waals surface area contributed by atoms with E-state index in [-0.39, 0.29) is 42.9 Å². The molecule has 1 aliphatic rings. The Morgan fingerprint density at radius 3 is 2.69 bits per heavy atom. The molecule has 0 aliphatic carbocycles. The molecule has 3 rings (SSSR count). The molecule has 5 nitrogen and oxygen atoms in total. The maximum absolute atomic E-state index is 12.1. The summed E-state index contributed by atoms with van der Waals surface area (Å²) < 4.78 is 5.60. The summed E-state index contributed by atoms with van der Waals surface area (Å²) in [6.45, 7) is 0.925. The van der Waals surface area contributed by atoms with Gasteiger partial charge in [-0.25, -0.2) is 4.98 Å². The maximum Gasteiger partial charge on any atom is 0.249 e. The molecule has 8 heteroatoms. The van der Waals surface area contributed by atoms with Crippen LogP contribution < -0.4 is 11.1 Å². The van der Waals surface area contributed by atoms with E-state index in [1.165, 1.54) is 5.56 Å². The molecule has 1 aromatic heterocycles. The summed E-state index contributed by atoms with van der Waals surface area (Å²) in [6, 6.07) is 10.4. The number of nitrogens with two attached hydrogens (primary N) is 1. The van der Waals surface area contributed by atoms with Gasteiger partial charge in [0.2, 0.25) is 5.91 Å². The first kappa shape index (κ1) is 22.9. The van der Waals surface area contributed by atoms with Gasteiger partial charge in [0.05, 0.1) is 23.4 Å². The second-order valence-electron chi connectivity index (χ2n) is 6.00. The minimum absolute atomic E-state index is 0. The van der Waals surface area contributed by atoms with Gasteiger partial charge >= 0.3 is 0 Å². The van der Waals surface area contributed by atoms with E-state index in [0.29, 0.717) is 13.1 Å². The largest absolute Gasteiger partial charge is 0.364 e. The van der Waals surface area contributed by atoms with Gasteiger partial charge in [-0.3, -0.25) is 4.79 Å². The lowest BCUT2D eigenvalue weighted by Crippen LogP contribution is -2.35. The van der Waals surface area contributed by atoms with E-state index in [0.717, 1.165) is 36.4 Å². The number of halogens is 2. The van der Waals surface area contributed by atoms with E-state index in [4.69, 9.17) is 10.5 Å². The number of thiazole rings is 1. The average molecular weight is 418 g/mol. The molecular weight excluding hydrogens is 393 g/mol. The quantitative estimate of drug-likeness (QED) is 0.725. The zero-order valence-corrected chi connectivity index (χ0v) is 16.9. The van der Waals surface area contributed by atoms with Crippen molar-refractivity contribution in [3.05, 3.63) is 52.0 Å². The molecule has 2 aromatic rings. The molecule has 2 atom stereocenters. The number of hydrogen-bond donors (Lipinski definition) is 2. The van der Waals surface area contributed by atoms with E-state index < -0.39 is 0 Å². The van der Waals surface area contributed by atoms with Crippen molar-refractivity contribution in [1.29, 1.82) is 0 Å². The molecule has 144 valence electrons. The number of carbonyl (C=O) groups is 1. The van der Waals surface area contributed by atoms with Crippen molar-refractivity contribution in [2.24, 2.45) is 5.73 Å². The molecule has 1 fully saturated rings. The number of carbonyl (C=O) groups excluding carboxylic acids is 1. The highest BCUT2D eigenvalue weighted by molar-refractivity contribution is 7.09. The van der Waals surface area contributed by atoms with Crippen LogP contribution in [0.3, 0.4) is 0 Å². The predicted octanol–water partition coefficient (Wildman–Crippen LogP) is 2.89. The van der Waals surface area contributed by atoms with Crippen molar-refractivity contribution in [3.8, 4) is 0 Å². The van der Waals surface area contributed by atoms with Gasteiger partial charge in [0.25, 0.3) is 0 Å². The van der Waals surface area contributed by atoms with Gasteiger partial charge in [0.15, 0.2) is 0 Å². The van der Waals surface area contributed by atoms with Crippen LogP contribution in [0.1, 0.15) is 29.1 Å². The minimum atomic E-state index is -0.366. The molecule has 0 saturated carbocycles. The number of rotatable bonds is 7. The monoisotopic (exact) mass is 417 g/mol. The van der Waals surface area contributed by atoms with Gasteiger partial charge in [-0.15, -0.1) is 36.2 Å². The van der Waals surface area contributed by atoms with Crippen LogP contribution >= 0.6 is 36.2 Å². The highest BCUT2D eigenvalue weighted by atomic mass is 35.5. The first-order valence-electron chi connectivity index (χ1n) is 8.35. The molecular formula is C18H25Cl2N3O2S. The molecule has 1 saturated heterocycles. The molecule has 1 aromatic carbocycles. The lowest BCUT2D eigenvalue weighted by Gasteiger charge is -2.11. The van der Waals surface area contributed by atoms with Crippen LogP contribution in [0.4, 0.5) is 0 Å². The summed E-state index contributed by atoms with van der Waals surface area (Å²) in [5.74, 6) is -0.0650.